The topological polar surface area (TPSA) is 32.0 Å². The van der Waals surface area contributed by atoms with E-state index in [1.165, 1.54) is 5.39 Å². The number of imidazole rings is 1. The van der Waals surface area contributed by atoms with Gasteiger partial charge in [0.25, 0.3) is 0 Å². The van der Waals surface area contributed by atoms with E-state index in [2.05, 4.69) is 58.2 Å². The molecular formula is C26H21Cl2N3O. The van der Waals surface area contributed by atoms with Crippen LogP contribution < -0.4 is 4.74 Å². The molecule has 0 aliphatic rings. The molecular weight excluding hydrogens is 441 g/mol. The Kier molecular flexibility index (Phi) is 5.41. The summed E-state index contributed by atoms with van der Waals surface area (Å²) in [5, 5.41) is 2.46. The quantitative estimate of drug-likeness (QED) is 0.277. The molecule has 5 aromatic rings. The first-order chi connectivity index (χ1) is 15.5. The maximum absolute atomic E-state index is 6.19. The van der Waals surface area contributed by atoms with Crippen molar-refractivity contribution in [2.45, 2.75) is 13.5 Å². The Morgan fingerprint density at radius 2 is 1.78 bits per heavy atom. The minimum atomic E-state index is 0.643. The first kappa shape index (κ1) is 20.7. The first-order valence-electron chi connectivity index (χ1n) is 10.2. The fraction of sp³-hybridized carbons (Fsp3) is 0.115. The molecule has 0 aliphatic carbocycles. The zero-order valence-corrected chi connectivity index (χ0v) is 19.2. The Morgan fingerprint density at radius 1 is 0.969 bits per heavy atom. The third-order valence-corrected chi connectivity index (χ3v) is 6.01. The largest absolute Gasteiger partial charge is 0.495 e. The second kappa shape index (κ2) is 8.38. The average Bonchev–Trinajstić information content (AvgIpc) is 3.39. The Morgan fingerprint density at radius 3 is 2.50 bits per heavy atom. The molecule has 2 aromatic heterocycles. The lowest BCUT2D eigenvalue weighted by molar-refractivity contribution is 0.413. The van der Waals surface area contributed by atoms with E-state index < -0.39 is 0 Å². The molecule has 0 fully saturated rings. The standard InChI is InChI=1S/C26H21Cl2N3O/c1-17-14-31(16-29-17)25-7-6-19(12-26(25)32-2)22-4-3-5-24-23(22)8-9-30(24)15-18-10-20(27)13-21(28)11-18/h3-14,16H,15H2,1-2H3. The summed E-state index contributed by atoms with van der Waals surface area (Å²) >= 11 is 12.4. The molecule has 0 saturated heterocycles. The lowest BCUT2D eigenvalue weighted by Crippen LogP contribution is -1.98. The minimum absolute atomic E-state index is 0.643. The zero-order chi connectivity index (χ0) is 22.2. The number of aryl methyl sites for hydroxylation is 1. The number of methoxy groups -OCH3 is 1. The molecule has 0 amide bonds. The number of hydrogen-bond donors (Lipinski definition) is 0. The highest BCUT2D eigenvalue weighted by molar-refractivity contribution is 6.34. The van der Waals surface area contributed by atoms with Crippen molar-refractivity contribution in [1.29, 1.82) is 0 Å². The van der Waals surface area contributed by atoms with E-state index in [1.54, 1.807) is 19.5 Å². The maximum atomic E-state index is 6.19. The van der Waals surface area contributed by atoms with Crippen molar-refractivity contribution in [3.63, 3.8) is 0 Å². The Balaban J connectivity index is 1.55. The van der Waals surface area contributed by atoms with E-state index in [9.17, 15) is 0 Å². The molecule has 5 rings (SSSR count). The van der Waals surface area contributed by atoms with Gasteiger partial charge in [0, 0.05) is 39.9 Å². The Bertz CT molecular complexity index is 1410. The molecule has 6 heteroatoms. The van der Waals surface area contributed by atoms with E-state index >= 15 is 0 Å². The van der Waals surface area contributed by atoms with Gasteiger partial charge in [-0.25, -0.2) is 4.98 Å². The number of halogens is 2. The lowest BCUT2D eigenvalue weighted by Gasteiger charge is -2.13. The number of nitrogens with zero attached hydrogens (tertiary/aromatic N) is 3. The maximum Gasteiger partial charge on any atom is 0.143 e. The summed E-state index contributed by atoms with van der Waals surface area (Å²) in [7, 11) is 1.69. The van der Waals surface area contributed by atoms with Gasteiger partial charge >= 0.3 is 0 Å². The fourth-order valence-corrected chi connectivity index (χ4v) is 4.69. The molecule has 3 aromatic carbocycles. The predicted octanol–water partition coefficient (Wildman–Crippen LogP) is 7.17. The molecule has 0 aliphatic heterocycles. The summed E-state index contributed by atoms with van der Waals surface area (Å²) in [6.07, 6.45) is 5.89. The summed E-state index contributed by atoms with van der Waals surface area (Å²) in [5.41, 5.74) is 6.37. The van der Waals surface area contributed by atoms with Gasteiger partial charge < -0.3 is 13.9 Å². The van der Waals surface area contributed by atoms with Crippen molar-refractivity contribution >= 4 is 34.1 Å². The van der Waals surface area contributed by atoms with Crippen LogP contribution in [0.2, 0.25) is 10.0 Å². The summed E-state index contributed by atoms with van der Waals surface area (Å²) in [4.78, 5) is 4.33. The highest BCUT2D eigenvalue weighted by atomic mass is 35.5. The number of aromatic nitrogens is 3. The molecule has 160 valence electrons. The minimum Gasteiger partial charge on any atom is -0.495 e. The van der Waals surface area contributed by atoms with Gasteiger partial charge in [-0.15, -0.1) is 0 Å². The van der Waals surface area contributed by atoms with E-state index in [4.69, 9.17) is 27.9 Å². The molecule has 0 saturated carbocycles. The SMILES string of the molecule is COc1cc(-c2cccc3c2ccn3Cc2cc(Cl)cc(Cl)c2)ccc1-n1cnc(C)c1. The van der Waals surface area contributed by atoms with Crippen molar-refractivity contribution < 1.29 is 4.74 Å². The van der Waals surface area contributed by atoms with Gasteiger partial charge in [-0.2, -0.15) is 0 Å². The van der Waals surface area contributed by atoms with Gasteiger partial charge in [0.15, 0.2) is 0 Å². The predicted molar refractivity (Wildman–Crippen MR) is 131 cm³/mol. The average molecular weight is 462 g/mol. The van der Waals surface area contributed by atoms with Crippen LogP contribution in [0.1, 0.15) is 11.3 Å². The highest BCUT2D eigenvalue weighted by Gasteiger charge is 2.12. The second-order valence-electron chi connectivity index (χ2n) is 7.77. The number of hydrogen-bond acceptors (Lipinski definition) is 2. The summed E-state index contributed by atoms with van der Waals surface area (Å²) in [6.45, 7) is 2.66. The normalized spacial score (nSPS) is 11.2. The first-order valence-corrected chi connectivity index (χ1v) is 11.0. The molecule has 0 spiro atoms. The van der Waals surface area contributed by atoms with Crippen LogP contribution in [-0.4, -0.2) is 21.2 Å². The lowest BCUT2D eigenvalue weighted by atomic mass is 10.0. The van der Waals surface area contributed by atoms with Crippen LogP contribution in [-0.2, 0) is 6.54 Å². The van der Waals surface area contributed by atoms with E-state index in [0.717, 1.165) is 39.3 Å². The fourth-order valence-electron chi connectivity index (χ4n) is 4.12. The van der Waals surface area contributed by atoms with Crippen molar-refractivity contribution in [2.75, 3.05) is 7.11 Å². The molecule has 2 heterocycles. The van der Waals surface area contributed by atoms with Gasteiger partial charge in [-0.05, 0) is 66.1 Å². The third-order valence-electron chi connectivity index (χ3n) is 5.57. The van der Waals surface area contributed by atoms with Crippen LogP contribution in [0.25, 0.3) is 27.7 Å². The van der Waals surface area contributed by atoms with Gasteiger partial charge in [0.05, 0.1) is 24.8 Å². The summed E-state index contributed by atoms with van der Waals surface area (Å²) < 4.78 is 9.90. The van der Waals surface area contributed by atoms with Gasteiger partial charge in [0.1, 0.15) is 5.75 Å². The molecule has 32 heavy (non-hydrogen) atoms. The van der Waals surface area contributed by atoms with E-state index in [0.29, 0.717) is 16.6 Å². The van der Waals surface area contributed by atoms with Crippen LogP contribution in [0.4, 0.5) is 0 Å². The number of ether oxygens (including phenoxy) is 1. The highest BCUT2D eigenvalue weighted by Crippen LogP contribution is 2.34. The van der Waals surface area contributed by atoms with Crippen molar-refractivity contribution in [3.8, 4) is 22.6 Å². The molecule has 4 nitrogen and oxygen atoms in total. The van der Waals surface area contributed by atoms with Crippen molar-refractivity contribution in [3.05, 3.63) is 101 Å². The smallest absolute Gasteiger partial charge is 0.143 e. The van der Waals surface area contributed by atoms with Gasteiger partial charge in [0.2, 0.25) is 0 Å². The molecule has 0 N–H and O–H groups in total. The van der Waals surface area contributed by atoms with Crippen molar-refractivity contribution in [2.24, 2.45) is 0 Å². The van der Waals surface area contributed by atoms with Crippen LogP contribution >= 0.6 is 23.2 Å². The number of benzene rings is 3. The monoisotopic (exact) mass is 461 g/mol. The Labute approximate surface area is 196 Å². The Hall–Kier alpha value is -3.21. The number of rotatable bonds is 5. The van der Waals surface area contributed by atoms with Crippen LogP contribution in [0.15, 0.2) is 79.4 Å². The number of fused-ring (bicyclic) bond motifs is 1. The molecule has 0 unspecified atom stereocenters. The van der Waals surface area contributed by atoms with Crippen LogP contribution in [0.5, 0.6) is 5.75 Å². The van der Waals surface area contributed by atoms with Crippen LogP contribution in [0, 0.1) is 6.92 Å². The summed E-state index contributed by atoms with van der Waals surface area (Å²) in [5.74, 6) is 0.796. The third kappa shape index (κ3) is 3.88. The van der Waals surface area contributed by atoms with Crippen molar-refractivity contribution in [1.82, 2.24) is 14.1 Å². The van der Waals surface area contributed by atoms with Crippen LogP contribution in [0.3, 0.4) is 0 Å². The van der Waals surface area contributed by atoms with E-state index in [1.807, 2.05) is 29.8 Å². The molecule has 0 radical (unpaired) electrons. The van der Waals surface area contributed by atoms with Gasteiger partial charge in [-0.3, -0.25) is 0 Å². The molecule has 0 bridgehead atoms. The van der Waals surface area contributed by atoms with Gasteiger partial charge in [-0.1, -0.05) is 41.4 Å². The molecule has 0 atom stereocenters. The summed E-state index contributed by atoms with van der Waals surface area (Å²) in [6, 6.07) is 20.4. The zero-order valence-electron chi connectivity index (χ0n) is 17.7. The van der Waals surface area contributed by atoms with E-state index in [-0.39, 0.29) is 0 Å². The second-order valence-corrected chi connectivity index (χ2v) is 8.64.